The van der Waals surface area contributed by atoms with E-state index in [0.717, 1.165) is 26.7 Å². The zero-order valence-corrected chi connectivity index (χ0v) is 13.4. The van der Waals surface area contributed by atoms with Crippen LogP contribution in [0.2, 0.25) is 5.02 Å². The molecule has 21 heavy (non-hydrogen) atoms. The SMILES string of the molecule is Oc1c(-c2ccc(Cl)cc2)cccc1-c1ccccc1Br. The number of hydrogen-bond donors (Lipinski definition) is 1. The Hall–Kier alpha value is -1.77. The molecule has 0 bridgehead atoms. The van der Waals surface area contributed by atoms with Gasteiger partial charge in [0.1, 0.15) is 5.75 Å². The molecule has 104 valence electrons. The van der Waals surface area contributed by atoms with E-state index >= 15 is 0 Å². The maximum absolute atomic E-state index is 10.6. The highest BCUT2D eigenvalue weighted by atomic mass is 79.9. The number of phenolic OH excluding ortho intramolecular Hbond substituents is 1. The Kier molecular flexibility index (Phi) is 4.00. The maximum Gasteiger partial charge on any atom is 0.131 e. The number of benzene rings is 3. The van der Waals surface area contributed by atoms with Crippen molar-refractivity contribution in [3.63, 3.8) is 0 Å². The molecular formula is C18H12BrClO. The molecule has 0 atom stereocenters. The van der Waals surface area contributed by atoms with Crippen molar-refractivity contribution in [1.82, 2.24) is 0 Å². The van der Waals surface area contributed by atoms with Crippen LogP contribution in [0.5, 0.6) is 5.75 Å². The molecule has 0 saturated heterocycles. The zero-order chi connectivity index (χ0) is 14.8. The summed E-state index contributed by atoms with van der Waals surface area (Å²) in [6.07, 6.45) is 0. The molecule has 0 aliphatic carbocycles. The smallest absolute Gasteiger partial charge is 0.131 e. The quantitative estimate of drug-likeness (QED) is 0.582. The number of phenols is 1. The van der Waals surface area contributed by atoms with Gasteiger partial charge in [0, 0.05) is 20.6 Å². The molecule has 0 saturated carbocycles. The minimum Gasteiger partial charge on any atom is -0.507 e. The second-order valence-corrected chi connectivity index (χ2v) is 5.98. The van der Waals surface area contributed by atoms with Gasteiger partial charge in [-0.25, -0.2) is 0 Å². The van der Waals surface area contributed by atoms with Gasteiger partial charge in [0.05, 0.1) is 0 Å². The molecule has 0 aromatic heterocycles. The maximum atomic E-state index is 10.6. The van der Waals surface area contributed by atoms with Gasteiger partial charge in [-0.2, -0.15) is 0 Å². The third-order valence-electron chi connectivity index (χ3n) is 3.36. The molecule has 3 aromatic carbocycles. The first-order valence-electron chi connectivity index (χ1n) is 6.49. The van der Waals surface area contributed by atoms with E-state index in [-0.39, 0.29) is 5.75 Å². The third kappa shape index (κ3) is 2.82. The predicted octanol–water partition coefficient (Wildman–Crippen LogP) is 6.14. The van der Waals surface area contributed by atoms with Crippen molar-refractivity contribution in [3.8, 4) is 28.0 Å². The number of hydrogen-bond acceptors (Lipinski definition) is 1. The minimum absolute atomic E-state index is 0.270. The molecule has 3 aromatic rings. The molecule has 3 heteroatoms. The first-order chi connectivity index (χ1) is 10.2. The Balaban J connectivity index is 2.16. The summed E-state index contributed by atoms with van der Waals surface area (Å²) in [6, 6.07) is 21.0. The molecule has 0 aliphatic rings. The Labute approximate surface area is 137 Å². The van der Waals surface area contributed by atoms with Crippen molar-refractivity contribution in [2.24, 2.45) is 0 Å². The summed E-state index contributed by atoms with van der Waals surface area (Å²) in [6.45, 7) is 0. The van der Waals surface area contributed by atoms with Gasteiger partial charge in [0.25, 0.3) is 0 Å². The normalized spacial score (nSPS) is 10.6. The molecular weight excluding hydrogens is 348 g/mol. The Morgan fingerprint density at radius 2 is 1.33 bits per heavy atom. The van der Waals surface area contributed by atoms with Gasteiger partial charge >= 0.3 is 0 Å². The van der Waals surface area contributed by atoms with Gasteiger partial charge in [-0.1, -0.05) is 76.1 Å². The Morgan fingerprint density at radius 1 is 0.714 bits per heavy atom. The summed E-state index contributed by atoms with van der Waals surface area (Å²) in [4.78, 5) is 0. The van der Waals surface area contributed by atoms with Crippen molar-refractivity contribution in [2.75, 3.05) is 0 Å². The van der Waals surface area contributed by atoms with Gasteiger partial charge in [-0.15, -0.1) is 0 Å². The topological polar surface area (TPSA) is 20.2 Å². The van der Waals surface area contributed by atoms with E-state index in [4.69, 9.17) is 11.6 Å². The molecule has 0 fully saturated rings. The van der Waals surface area contributed by atoms with Crippen molar-refractivity contribution in [3.05, 3.63) is 76.2 Å². The number of rotatable bonds is 2. The van der Waals surface area contributed by atoms with Crippen LogP contribution in [0.1, 0.15) is 0 Å². The predicted molar refractivity (Wildman–Crippen MR) is 91.7 cm³/mol. The summed E-state index contributed by atoms with van der Waals surface area (Å²) < 4.78 is 0.952. The van der Waals surface area contributed by atoms with Crippen LogP contribution in [0.25, 0.3) is 22.3 Å². The highest BCUT2D eigenvalue weighted by Gasteiger charge is 2.12. The van der Waals surface area contributed by atoms with E-state index in [1.807, 2.05) is 66.7 Å². The van der Waals surface area contributed by atoms with E-state index in [2.05, 4.69) is 15.9 Å². The molecule has 0 heterocycles. The van der Waals surface area contributed by atoms with Gasteiger partial charge < -0.3 is 5.11 Å². The van der Waals surface area contributed by atoms with Crippen LogP contribution in [0.3, 0.4) is 0 Å². The van der Waals surface area contributed by atoms with Gasteiger partial charge in [0.15, 0.2) is 0 Å². The summed E-state index contributed by atoms with van der Waals surface area (Å²) in [5, 5.41) is 11.3. The minimum atomic E-state index is 0.270. The van der Waals surface area contributed by atoms with Crippen LogP contribution in [-0.4, -0.2) is 5.11 Å². The van der Waals surface area contributed by atoms with Gasteiger partial charge in [0.2, 0.25) is 0 Å². The summed E-state index contributed by atoms with van der Waals surface area (Å²) in [5.41, 5.74) is 3.49. The number of para-hydroxylation sites is 1. The lowest BCUT2D eigenvalue weighted by atomic mass is 9.97. The number of halogens is 2. The van der Waals surface area contributed by atoms with E-state index < -0.39 is 0 Å². The molecule has 0 unspecified atom stereocenters. The lowest BCUT2D eigenvalue weighted by molar-refractivity contribution is 0.479. The van der Waals surface area contributed by atoms with Crippen LogP contribution < -0.4 is 0 Å². The standard InChI is InChI=1S/C18H12BrClO/c19-17-7-2-1-4-15(17)16-6-3-5-14(18(16)21)12-8-10-13(20)11-9-12/h1-11,21H. The second kappa shape index (κ2) is 5.92. The summed E-state index contributed by atoms with van der Waals surface area (Å²) in [7, 11) is 0. The van der Waals surface area contributed by atoms with E-state index in [1.165, 1.54) is 0 Å². The van der Waals surface area contributed by atoms with Crippen LogP contribution in [0.15, 0.2) is 71.2 Å². The second-order valence-electron chi connectivity index (χ2n) is 4.69. The highest BCUT2D eigenvalue weighted by Crippen LogP contribution is 2.40. The highest BCUT2D eigenvalue weighted by molar-refractivity contribution is 9.10. The largest absolute Gasteiger partial charge is 0.507 e. The lowest BCUT2D eigenvalue weighted by Crippen LogP contribution is -1.85. The molecule has 3 rings (SSSR count). The van der Waals surface area contributed by atoms with Gasteiger partial charge in [-0.3, -0.25) is 0 Å². The van der Waals surface area contributed by atoms with Crippen LogP contribution >= 0.6 is 27.5 Å². The van der Waals surface area contributed by atoms with Crippen LogP contribution in [-0.2, 0) is 0 Å². The first kappa shape index (κ1) is 14.2. The Morgan fingerprint density at radius 3 is 2.05 bits per heavy atom. The molecule has 0 radical (unpaired) electrons. The Bertz CT molecular complexity index is 781. The van der Waals surface area contributed by atoms with Crippen molar-refractivity contribution < 1.29 is 5.11 Å². The summed E-state index contributed by atoms with van der Waals surface area (Å²) in [5.74, 6) is 0.270. The average Bonchev–Trinajstić information content (AvgIpc) is 2.50. The first-order valence-corrected chi connectivity index (χ1v) is 7.67. The molecule has 0 aliphatic heterocycles. The molecule has 1 nitrogen and oxygen atoms in total. The van der Waals surface area contributed by atoms with E-state index in [9.17, 15) is 5.11 Å². The molecule has 1 N–H and O–H groups in total. The molecule has 0 amide bonds. The van der Waals surface area contributed by atoms with Crippen molar-refractivity contribution in [1.29, 1.82) is 0 Å². The van der Waals surface area contributed by atoms with Crippen LogP contribution in [0.4, 0.5) is 0 Å². The van der Waals surface area contributed by atoms with Crippen molar-refractivity contribution in [2.45, 2.75) is 0 Å². The van der Waals surface area contributed by atoms with Gasteiger partial charge in [-0.05, 0) is 29.3 Å². The number of aromatic hydroxyl groups is 1. The third-order valence-corrected chi connectivity index (χ3v) is 4.30. The lowest BCUT2D eigenvalue weighted by Gasteiger charge is -2.11. The van der Waals surface area contributed by atoms with E-state index in [1.54, 1.807) is 0 Å². The monoisotopic (exact) mass is 358 g/mol. The fourth-order valence-electron chi connectivity index (χ4n) is 2.30. The van der Waals surface area contributed by atoms with Crippen LogP contribution in [0, 0.1) is 0 Å². The van der Waals surface area contributed by atoms with Crippen molar-refractivity contribution >= 4 is 27.5 Å². The average molecular weight is 360 g/mol. The fraction of sp³-hybridized carbons (Fsp3) is 0. The van der Waals surface area contributed by atoms with E-state index in [0.29, 0.717) is 5.02 Å². The molecule has 0 spiro atoms. The zero-order valence-electron chi connectivity index (χ0n) is 11.1. The summed E-state index contributed by atoms with van der Waals surface area (Å²) >= 11 is 9.45. The fourth-order valence-corrected chi connectivity index (χ4v) is 2.93.